The number of benzene rings is 1. The van der Waals surface area contributed by atoms with Gasteiger partial charge in [0.15, 0.2) is 0 Å². The van der Waals surface area contributed by atoms with Crippen LogP contribution in [0.25, 0.3) is 20.7 Å². The number of aromatic nitrogens is 3. The van der Waals surface area contributed by atoms with Crippen molar-refractivity contribution in [3.8, 4) is 10.6 Å². The predicted octanol–water partition coefficient (Wildman–Crippen LogP) is 2.72. The summed E-state index contributed by atoms with van der Waals surface area (Å²) in [5.41, 5.74) is 0.798. The number of fused-ring (bicyclic) bond motifs is 1. The molecule has 0 bridgehead atoms. The number of hydrogen-bond acceptors (Lipinski definition) is 6. The standard InChI is InChI=1S/C21H22N4O4S/c26-20(8-12-5-6-14(12)21(27)28)22-16-10-29-11-17(16)25-9-15(23-24-25)19-7-13-3-1-2-4-18(13)30-19/h1-4,7,9,12,14,16-17H,5-6,8,10-11H2,(H,22,26)(H,27,28)/t12-,14-,16-,17+/m1/s1. The Kier molecular flexibility index (Phi) is 5.00. The van der Waals surface area contributed by atoms with Crippen LogP contribution >= 0.6 is 11.3 Å². The van der Waals surface area contributed by atoms with E-state index in [0.717, 1.165) is 17.0 Å². The molecule has 9 heteroatoms. The fourth-order valence-corrected chi connectivity index (χ4v) is 5.26. The first-order valence-electron chi connectivity index (χ1n) is 10.1. The number of hydrogen-bond donors (Lipinski definition) is 2. The SMILES string of the molecule is O=C(C[C@H]1CC[C@H]1C(=O)O)N[C@@H]1COC[C@@H]1n1cc(-c2cc3ccccc3s2)nn1. The Morgan fingerprint density at radius 2 is 2.13 bits per heavy atom. The first kappa shape index (κ1) is 19.2. The summed E-state index contributed by atoms with van der Waals surface area (Å²) in [5, 5.41) is 22.0. The summed E-state index contributed by atoms with van der Waals surface area (Å²) in [7, 11) is 0. The highest BCUT2D eigenvalue weighted by Crippen LogP contribution is 2.37. The molecule has 2 fully saturated rings. The van der Waals surface area contributed by atoms with Gasteiger partial charge in [0.1, 0.15) is 5.69 Å². The number of carbonyl (C=O) groups excluding carboxylic acids is 1. The topological polar surface area (TPSA) is 106 Å². The van der Waals surface area contributed by atoms with Crippen molar-refractivity contribution in [2.75, 3.05) is 13.2 Å². The molecule has 8 nitrogen and oxygen atoms in total. The van der Waals surface area contributed by atoms with E-state index in [1.54, 1.807) is 16.0 Å². The Bertz CT molecular complexity index is 1060. The van der Waals surface area contributed by atoms with Gasteiger partial charge in [0.2, 0.25) is 5.91 Å². The van der Waals surface area contributed by atoms with Crippen LogP contribution in [0.3, 0.4) is 0 Å². The van der Waals surface area contributed by atoms with Gasteiger partial charge in [-0.2, -0.15) is 0 Å². The van der Waals surface area contributed by atoms with Crippen LogP contribution in [0, 0.1) is 11.8 Å². The normalized spacial score (nSPS) is 25.9. The molecular weight excluding hydrogens is 404 g/mol. The Labute approximate surface area is 176 Å². The van der Waals surface area contributed by atoms with Crippen molar-refractivity contribution >= 4 is 33.3 Å². The Hall–Kier alpha value is -2.78. The number of carbonyl (C=O) groups is 2. The molecule has 1 aliphatic heterocycles. The van der Waals surface area contributed by atoms with E-state index in [1.165, 1.54) is 10.1 Å². The van der Waals surface area contributed by atoms with Crippen LogP contribution in [0.4, 0.5) is 0 Å². The molecule has 1 aromatic carbocycles. The number of ether oxygens (including phenoxy) is 1. The van der Waals surface area contributed by atoms with Crippen LogP contribution in [0.5, 0.6) is 0 Å². The molecule has 0 radical (unpaired) electrons. The minimum absolute atomic E-state index is 0.0748. The number of carboxylic acids is 1. The minimum Gasteiger partial charge on any atom is -0.481 e. The molecule has 2 aromatic heterocycles. The molecule has 0 spiro atoms. The van der Waals surface area contributed by atoms with Crippen molar-refractivity contribution in [3.05, 3.63) is 36.5 Å². The zero-order valence-corrected chi connectivity index (χ0v) is 17.0. The maximum absolute atomic E-state index is 12.5. The van der Waals surface area contributed by atoms with Gasteiger partial charge in [-0.15, -0.1) is 16.4 Å². The molecule has 5 rings (SSSR count). The lowest BCUT2D eigenvalue weighted by Gasteiger charge is -2.33. The molecule has 156 valence electrons. The zero-order valence-electron chi connectivity index (χ0n) is 16.2. The van der Waals surface area contributed by atoms with Crippen LogP contribution in [0.15, 0.2) is 36.5 Å². The third kappa shape index (κ3) is 3.59. The van der Waals surface area contributed by atoms with Crippen molar-refractivity contribution < 1.29 is 19.4 Å². The molecular formula is C21H22N4O4S. The summed E-state index contributed by atoms with van der Waals surface area (Å²) in [4.78, 5) is 24.7. The van der Waals surface area contributed by atoms with E-state index >= 15 is 0 Å². The number of aliphatic carboxylic acids is 1. The van der Waals surface area contributed by atoms with Gasteiger partial charge in [0.25, 0.3) is 0 Å². The average molecular weight is 426 g/mol. The molecule has 1 aliphatic carbocycles. The van der Waals surface area contributed by atoms with Gasteiger partial charge in [-0.1, -0.05) is 23.4 Å². The van der Waals surface area contributed by atoms with Crippen molar-refractivity contribution in [2.24, 2.45) is 11.8 Å². The van der Waals surface area contributed by atoms with E-state index in [0.29, 0.717) is 19.6 Å². The molecule has 4 atom stereocenters. The lowest BCUT2D eigenvalue weighted by atomic mass is 9.72. The van der Waals surface area contributed by atoms with Crippen LogP contribution in [0.1, 0.15) is 25.3 Å². The quantitative estimate of drug-likeness (QED) is 0.628. The van der Waals surface area contributed by atoms with Gasteiger partial charge in [-0.05, 0) is 36.3 Å². The summed E-state index contributed by atoms with van der Waals surface area (Å²) in [5.74, 6) is -1.41. The van der Waals surface area contributed by atoms with Crippen molar-refractivity contribution in [1.29, 1.82) is 0 Å². The third-order valence-corrected chi connectivity index (χ3v) is 7.25. The van der Waals surface area contributed by atoms with Crippen molar-refractivity contribution in [1.82, 2.24) is 20.3 Å². The van der Waals surface area contributed by atoms with Crippen LogP contribution in [-0.2, 0) is 14.3 Å². The van der Waals surface area contributed by atoms with E-state index in [4.69, 9.17) is 9.84 Å². The van der Waals surface area contributed by atoms with Gasteiger partial charge in [-0.25, -0.2) is 4.68 Å². The second kappa shape index (κ2) is 7.81. The van der Waals surface area contributed by atoms with Gasteiger partial charge < -0.3 is 15.2 Å². The Balaban J connectivity index is 1.26. The highest BCUT2D eigenvalue weighted by Gasteiger charge is 2.39. The van der Waals surface area contributed by atoms with E-state index in [2.05, 4.69) is 33.8 Å². The summed E-state index contributed by atoms with van der Waals surface area (Å²) >= 11 is 1.67. The van der Waals surface area contributed by atoms with Crippen LogP contribution in [0.2, 0.25) is 0 Å². The number of nitrogens with one attached hydrogen (secondary N) is 1. The van der Waals surface area contributed by atoms with E-state index < -0.39 is 11.9 Å². The largest absolute Gasteiger partial charge is 0.481 e. The van der Waals surface area contributed by atoms with Crippen molar-refractivity contribution in [2.45, 2.75) is 31.3 Å². The smallest absolute Gasteiger partial charge is 0.306 e. The maximum atomic E-state index is 12.5. The minimum atomic E-state index is -0.808. The number of amides is 1. The van der Waals surface area contributed by atoms with Gasteiger partial charge in [0, 0.05) is 11.1 Å². The van der Waals surface area contributed by atoms with E-state index in [1.807, 2.05) is 18.3 Å². The van der Waals surface area contributed by atoms with Gasteiger partial charge in [0.05, 0.1) is 42.3 Å². The molecule has 30 heavy (non-hydrogen) atoms. The summed E-state index contributed by atoms with van der Waals surface area (Å²) < 4.78 is 8.56. The zero-order chi connectivity index (χ0) is 20.7. The first-order valence-corrected chi connectivity index (χ1v) is 10.9. The molecule has 3 heterocycles. The lowest BCUT2D eigenvalue weighted by Crippen LogP contribution is -2.43. The summed E-state index contributed by atoms with van der Waals surface area (Å²) in [6.07, 6.45) is 3.58. The second-order valence-corrected chi connectivity index (χ2v) is 9.08. The van der Waals surface area contributed by atoms with E-state index in [-0.39, 0.29) is 30.3 Å². The molecule has 2 aliphatic rings. The van der Waals surface area contributed by atoms with Gasteiger partial charge >= 0.3 is 5.97 Å². The highest BCUT2D eigenvalue weighted by atomic mass is 32.1. The fourth-order valence-electron chi connectivity index (χ4n) is 4.24. The molecule has 0 unspecified atom stereocenters. The molecule has 3 aromatic rings. The second-order valence-electron chi connectivity index (χ2n) is 8.00. The predicted molar refractivity (Wildman–Crippen MR) is 111 cm³/mol. The first-order chi connectivity index (χ1) is 14.6. The summed E-state index contributed by atoms with van der Waals surface area (Å²) in [6, 6.07) is 9.95. The lowest BCUT2D eigenvalue weighted by molar-refractivity contribution is -0.148. The van der Waals surface area contributed by atoms with E-state index in [9.17, 15) is 9.59 Å². The highest BCUT2D eigenvalue weighted by molar-refractivity contribution is 7.22. The number of carboxylic acid groups (broad SMARTS) is 1. The molecule has 1 amide bonds. The maximum Gasteiger partial charge on any atom is 0.306 e. The molecule has 1 saturated heterocycles. The number of nitrogens with zero attached hydrogens (tertiary/aromatic N) is 3. The third-order valence-electron chi connectivity index (χ3n) is 6.11. The monoisotopic (exact) mass is 426 g/mol. The Morgan fingerprint density at radius 1 is 1.27 bits per heavy atom. The molecule has 1 saturated carbocycles. The van der Waals surface area contributed by atoms with Crippen LogP contribution < -0.4 is 5.32 Å². The number of thiophene rings is 1. The number of rotatable bonds is 6. The van der Waals surface area contributed by atoms with Gasteiger partial charge in [-0.3, -0.25) is 9.59 Å². The fraction of sp³-hybridized carbons (Fsp3) is 0.429. The Morgan fingerprint density at radius 3 is 2.90 bits per heavy atom. The van der Waals surface area contributed by atoms with Crippen LogP contribution in [-0.4, -0.2) is 51.2 Å². The summed E-state index contributed by atoms with van der Waals surface area (Å²) in [6.45, 7) is 0.850. The molecule has 2 N–H and O–H groups in total. The van der Waals surface area contributed by atoms with Crippen molar-refractivity contribution in [3.63, 3.8) is 0 Å². The average Bonchev–Trinajstić information content (AvgIpc) is 3.42.